The van der Waals surface area contributed by atoms with Gasteiger partial charge >= 0.3 is 0 Å². The summed E-state index contributed by atoms with van der Waals surface area (Å²) in [5.41, 5.74) is 1.09. The Morgan fingerprint density at radius 3 is 2.96 bits per heavy atom. The highest BCUT2D eigenvalue weighted by molar-refractivity contribution is 5.76. The average Bonchev–Trinajstić information content (AvgIpc) is 3.32. The van der Waals surface area contributed by atoms with Gasteiger partial charge in [-0.3, -0.25) is 9.78 Å². The third kappa shape index (κ3) is 3.77. The van der Waals surface area contributed by atoms with Crippen LogP contribution in [0.4, 0.5) is 0 Å². The van der Waals surface area contributed by atoms with Crippen LogP contribution >= 0.6 is 0 Å². The summed E-state index contributed by atoms with van der Waals surface area (Å²) in [6.45, 7) is 3.35. The van der Waals surface area contributed by atoms with Crippen molar-refractivity contribution in [3.05, 3.63) is 30.4 Å². The number of ether oxygens (including phenoxy) is 1. The van der Waals surface area contributed by atoms with E-state index >= 15 is 0 Å². The third-order valence-corrected chi connectivity index (χ3v) is 5.39. The molecule has 138 valence electrons. The zero-order valence-corrected chi connectivity index (χ0v) is 14.9. The highest BCUT2D eigenvalue weighted by atomic mass is 16.5. The largest absolute Gasteiger partial charge is 0.381 e. The fourth-order valence-electron chi connectivity index (χ4n) is 3.92. The SMILES string of the molecule is O=C(CCCc1nc(-c2ccncc2)no1)N1CCC[C@@]2(CCOC2)C1. The maximum Gasteiger partial charge on any atom is 0.226 e. The normalized spacial score (nSPS) is 22.8. The van der Waals surface area contributed by atoms with Crippen LogP contribution in [0.1, 0.15) is 38.0 Å². The summed E-state index contributed by atoms with van der Waals surface area (Å²) >= 11 is 0. The second-order valence-corrected chi connectivity index (χ2v) is 7.32. The molecule has 1 atom stereocenters. The van der Waals surface area contributed by atoms with Crippen molar-refractivity contribution in [1.29, 1.82) is 0 Å². The molecule has 0 N–H and O–H groups in total. The van der Waals surface area contributed by atoms with Crippen molar-refractivity contribution < 1.29 is 14.1 Å². The minimum atomic E-state index is 0.208. The Hall–Kier alpha value is -2.28. The van der Waals surface area contributed by atoms with E-state index in [1.807, 2.05) is 17.0 Å². The van der Waals surface area contributed by atoms with Gasteiger partial charge < -0.3 is 14.2 Å². The Bertz CT molecular complexity index is 740. The molecular formula is C19H24N4O3. The number of aromatic nitrogens is 3. The summed E-state index contributed by atoms with van der Waals surface area (Å²) in [5, 5.41) is 4.00. The molecule has 4 rings (SSSR count). The van der Waals surface area contributed by atoms with E-state index in [0.29, 0.717) is 24.6 Å². The molecule has 2 aliphatic rings. The number of aryl methyl sites for hydroxylation is 1. The van der Waals surface area contributed by atoms with E-state index < -0.39 is 0 Å². The molecule has 0 radical (unpaired) electrons. The maximum atomic E-state index is 12.6. The van der Waals surface area contributed by atoms with Crippen molar-refractivity contribution in [2.24, 2.45) is 5.41 Å². The highest BCUT2D eigenvalue weighted by Gasteiger charge is 2.39. The minimum absolute atomic E-state index is 0.208. The first-order valence-corrected chi connectivity index (χ1v) is 9.33. The molecule has 1 spiro atoms. The number of amides is 1. The molecule has 0 unspecified atom stereocenters. The van der Waals surface area contributed by atoms with Gasteiger partial charge in [-0.25, -0.2) is 0 Å². The Balaban J connectivity index is 1.27. The number of piperidine rings is 1. The fraction of sp³-hybridized carbons (Fsp3) is 0.579. The van der Waals surface area contributed by atoms with E-state index in [-0.39, 0.29) is 11.3 Å². The number of likely N-dealkylation sites (tertiary alicyclic amines) is 1. The second-order valence-electron chi connectivity index (χ2n) is 7.32. The van der Waals surface area contributed by atoms with Gasteiger partial charge in [0.05, 0.1) is 6.61 Å². The van der Waals surface area contributed by atoms with Crippen molar-refractivity contribution in [1.82, 2.24) is 20.0 Å². The van der Waals surface area contributed by atoms with Gasteiger partial charge in [-0.05, 0) is 37.8 Å². The number of pyridine rings is 1. The molecule has 2 fully saturated rings. The molecule has 7 heteroatoms. The topological polar surface area (TPSA) is 81.3 Å². The zero-order valence-electron chi connectivity index (χ0n) is 14.9. The van der Waals surface area contributed by atoms with Gasteiger partial charge in [0.1, 0.15) is 0 Å². The molecule has 1 amide bonds. The summed E-state index contributed by atoms with van der Waals surface area (Å²) in [6, 6.07) is 3.69. The van der Waals surface area contributed by atoms with Crippen LogP contribution in [0.25, 0.3) is 11.4 Å². The van der Waals surface area contributed by atoms with Gasteiger partial charge in [0.25, 0.3) is 0 Å². The van der Waals surface area contributed by atoms with Crippen LogP contribution in [-0.2, 0) is 16.0 Å². The zero-order chi connectivity index (χ0) is 17.8. The summed E-state index contributed by atoms with van der Waals surface area (Å²) in [4.78, 5) is 23.0. The number of carbonyl (C=O) groups is 1. The molecule has 0 bridgehead atoms. The molecule has 0 aromatic carbocycles. The summed E-state index contributed by atoms with van der Waals surface area (Å²) in [7, 11) is 0. The molecule has 4 heterocycles. The van der Waals surface area contributed by atoms with E-state index in [9.17, 15) is 4.79 Å². The first kappa shape index (κ1) is 17.1. The Morgan fingerprint density at radius 1 is 1.27 bits per heavy atom. The van der Waals surface area contributed by atoms with Crippen molar-refractivity contribution in [2.75, 3.05) is 26.3 Å². The van der Waals surface area contributed by atoms with E-state index in [2.05, 4.69) is 15.1 Å². The number of nitrogens with zero attached hydrogens (tertiary/aromatic N) is 4. The molecular weight excluding hydrogens is 332 g/mol. The van der Waals surface area contributed by atoms with Gasteiger partial charge in [0.2, 0.25) is 17.6 Å². The summed E-state index contributed by atoms with van der Waals surface area (Å²) in [5.74, 6) is 1.36. The van der Waals surface area contributed by atoms with Crippen LogP contribution in [0.5, 0.6) is 0 Å². The minimum Gasteiger partial charge on any atom is -0.381 e. The van der Waals surface area contributed by atoms with E-state index in [0.717, 1.165) is 51.1 Å². The first-order chi connectivity index (χ1) is 12.7. The Labute approximate surface area is 152 Å². The second kappa shape index (κ2) is 7.53. The van der Waals surface area contributed by atoms with Crippen LogP contribution in [0.2, 0.25) is 0 Å². The third-order valence-electron chi connectivity index (χ3n) is 5.39. The van der Waals surface area contributed by atoms with E-state index in [1.54, 1.807) is 12.4 Å². The standard InChI is InChI=1S/C19H24N4O3/c24-17(23-11-2-7-19(13-23)8-12-25-14-19)4-1-3-16-21-18(22-26-16)15-5-9-20-10-6-15/h5-6,9-10H,1-4,7-8,11-14H2/t19-/m1/s1. The number of hydrogen-bond acceptors (Lipinski definition) is 6. The molecule has 0 aliphatic carbocycles. The average molecular weight is 356 g/mol. The van der Waals surface area contributed by atoms with Crippen molar-refractivity contribution >= 4 is 5.91 Å². The van der Waals surface area contributed by atoms with Gasteiger partial charge in [-0.2, -0.15) is 4.98 Å². The van der Waals surface area contributed by atoms with Crippen LogP contribution in [0, 0.1) is 5.41 Å². The lowest BCUT2D eigenvalue weighted by molar-refractivity contribution is -0.134. The monoisotopic (exact) mass is 356 g/mol. The highest BCUT2D eigenvalue weighted by Crippen LogP contribution is 2.37. The van der Waals surface area contributed by atoms with Crippen LogP contribution in [0.15, 0.2) is 29.0 Å². The number of hydrogen-bond donors (Lipinski definition) is 0. The molecule has 2 aliphatic heterocycles. The van der Waals surface area contributed by atoms with Gasteiger partial charge in [0, 0.05) is 55.9 Å². The number of rotatable bonds is 5. The lowest BCUT2D eigenvalue weighted by Crippen LogP contribution is -2.46. The first-order valence-electron chi connectivity index (χ1n) is 9.33. The van der Waals surface area contributed by atoms with Crippen molar-refractivity contribution in [2.45, 2.75) is 38.5 Å². The summed E-state index contributed by atoms with van der Waals surface area (Å²) in [6.07, 6.45) is 8.59. The maximum absolute atomic E-state index is 12.6. The molecule has 26 heavy (non-hydrogen) atoms. The lowest BCUT2D eigenvalue weighted by atomic mass is 9.79. The van der Waals surface area contributed by atoms with Crippen molar-refractivity contribution in [3.63, 3.8) is 0 Å². The van der Waals surface area contributed by atoms with Crippen molar-refractivity contribution in [3.8, 4) is 11.4 Å². The predicted molar refractivity (Wildman–Crippen MR) is 94.2 cm³/mol. The molecule has 2 aromatic heterocycles. The van der Waals surface area contributed by atoms with Gasteiger partial charge in [-0.1, -0.05) is 5.16 Å². The predicted octanol–water partition coefficient (Wildman–Crippen LogP) is 2.48. The van der Waals surface area contributed by atoms with Crippen LogP contribution in [0.3, 0.4) is 0 Å². The van der Waals surface area contributed by atoms with E-state index in [1.165, 1.54) is 6.42 Å². The number of carbonyl (C=O) groups excluding carboxylic acids is 1. The van der Waals surface area contributed by atoms with Gasteiger partial charge in [0.15, 0.2) is 0 Å². The summed E-state index contributed by atoms with van der Waals surface area (Å²) < 4.78 is 10.9. The molecule has 7 nitrogen and oxygen atoms in total. The Morgan fingerprint density at radius 2 is 2.15 bits per heavy atom. The van der Waals surface area contributed by atoms with E-state index in [4.69, 9.17) is 9.26 Å². The molecule has 0 saturated carbocycles. The van der Waals surface area contributed by atoms with Crippen LogP contribution in [-0.4, -0.2) is 52.2 Å². The van der Waals surface area contributed by atoms with Crippen LogP contribution < -0.4 is 0 Å². The van der Waals surface area contributed by atoms with Gasteiger partial charge in [-0.15, -0.1) is 0 Å². The fourth-order valence-corrected chi connectivity index (χ4v) is 3.92. The molecule has 2 saturated heterocycles. The quantitative estimate of drug-likeness (QED) is 0.819. The molecule has 2 aromatic rings. The smallest absolute Gasteiger partial charge is 0.226 e. The Kier molecular flexibility index (Phi) is 4.97. The lowest BCUT2D eigenvalue weighted by Gasteiger charge is -2.39.